The molecule has 1 aromatic carbocycles. The molecule has 0 saturated carbocycles. The summed E-state index contributed by atoms with van der Waals surface area (Å²) in [6.07, 6.45) is 0.440. The molecule has 2 heterocycles. The molecule has 2 aromatic rings. The van der Waals surface area contributed by atoms with E-state index in [0.717, 1.165) is 0 Å². The molecule has 1 aliphatic heterocycles. The van der Waals surface area contributed by atoms with Crippen molar-refractivity contribution in [1.82, 2.24) is 4.90 Å². The van der Waals surface area contributed by atoms with Crippen LogP contribution in [0.25, 0.3) is 11.0 Å². The Bertz CT molecular complexity index is 694. The van der Waals surface area contributed by atoms with Gasteiger partial charge in [0.05, 0.1) is 5.92 Å². The van der Waals surface area contributed by atoms with E-state index < -0.39 is 17.7 Å². The number of carbonyl (C=O) groups is 2. The molecule has 0 spiro atoms. The molecule has 0 bridgehead atoms. The number of hydrogen-bond acceptors (Lipinski definition) is 3. The third-order valence-corrected chi connectivity index (χ3v) is 3.51. The highest BCUT2D eigenvalue weighted by atomic mass is 19.1. The molecule has 1 N–H and O–H groups in total. The van der Waals surface area contributed by atoms with Gasteiger partial charge >= 0.3 is 5.97 Å². The Morgan fingerprint density at radius 1 is 1.35 bits per heavy atom. The molecule has 20 heavy (non-hydrogen) atoms. The van der Waals surface area contributed by atoms with Crippen molar-refractivity contribution in [3.05, 3.63) is 35.8 Å². The van der Waals surface area contributed by atoms with E-state index in [1.54, 1.807) is 0 Å². The zero-order valence-electron chi connectivity index (χ0n) is 10.5. The lowest BCUT2D eigenvalue weighted by molar-refractivity contribution is -0.141. The van der Waals surface area contributed by atoms with Gasteiger partial charge in [-0.05, 0) is 30.7 Å². The minimum absolute atomic E-state index is 0.108. The first kappa shape index (κ1) is 12.7. The summed E-state index contributed by atoms with van der Waals surface area (Å²) >= 11 is 0. The fraction of sp³-hybridized carbons (Fsp3) is 0.286. The molecule has 1 amide bonds. The molecule has 1 atom stereocenters. The van der Waals surface area contributed by atoms with Crippen LogP contribution in [-0.4, -0.2) is 35.0 Å². The number of likely N-dealkylation sites (tertiary alicyclic amines) is 1. The van der Waals surface area contributed by atoms with E-state index in [0.29, 0.717) is 23.9 Å². The first-order valence-electron chi connectivity index (χ1n) is 6.26. The highest BCUT2D eigenvalue weighted by molar-refractivity contribution is 5.96. The fourth-order valence-electron chi connectivity index (χ4n) is 2.42. The Hall–Kier alpha value is -2.37. The highest BCUT2D eigenvalue weighted by Crippen LogP contribution is 2.24. The van der Waals surface area contributed by atoms with Gasteiger partial charge in [0.15, 0.2) is 5.76 Å². The van der Waals surface area contributed by atoms with Gasteiger partial charge in [0, 0.05) is 18.5 Å². The molecule has 1 unspecified atom stereocenters. The first-order chi connectivity index (χ1) is 9.54. The van der Waals surface area contributed by atoms with Crippen LogP contribution in [0.5, 0.6) is 0 Å². The molecule has 104 valence electrons. The summed E-state index contributed by atoms with van der Waals surface area (Å²) in [7, 11) is 0. The minimum atomic E-state index is -0.896. The van der Waals surface area contributed by atoms with Crippen LogP contribution >= 0.6 is 0 Å². The maximum Gasteiger partial charge on any atom is 0.308 e. The number of aliphatic carboxylic acids is 1. The number of halogens is 1. The second kappa shape index (κ2) is 4.63. The van der Waals surface area contributed by atoms with Gasteiger partial charge in [0.2, 0.25) is 0 Å². The predicted octanol–water partition coefficient (Wildman–Crippen LogP) is 2.12. The van der Waals surface area contributed by atoms with Crippen molar-refractivity contribution in [2.45, 2.75) is 6.42 Å². The Morgan fingerprint density at radius 2 is 2.15 bits per heavy atom. The molecule has 6 heteroatoms. The number of furan rings is 1. The minimum Gasteiger partial charge on any atom is -0.481 e. The summed E-state index contributed by atoms with van der Waals surface area (Å²) in [6, 6.07) is 5.50. The van der Waals surface area contributed by atoms with Gasteiger partial charge in [0.1, 0.15) is 11.4 Å². The number of carboxylic acids is 1. The quantitative estimate of drug-likeness (QED) is 0.912. The standard InChI is InChI=1S/C14H12FNO4/c15-10-1-2-11-9(5-10)6-12(20-11)13(17)16-4-3-8(7-16)14(18)19/h1-2,5-6,8H,3-4,7H2,(H,18,19). The van der Waals surface area contributed by atoms with E-state index in [-0.39, 0.29) is 18.2 Å². The zero-order valence-corrected chi connectivity index (χ0v) is 10.5. The van der Waals surface area contributed by atoms with Crippen LogP contribution < -0.4 is 0 Å². The number of rotatable bonds is 2. The molecule has 1 aromatic heterocycles. The number of hydrogen-bond donors (Lipinski definition) is 1. The number of nitrogens with zero attached hydrogens (tertiary/aromatic N) is 1. The van der Waals surface area contributed by atoms with Crippen molar-refractivity contribution in [3.8, 4) is 0 Å². The van der Waals surface area contributed by atoms with Crippen molar-refractivity contribution in [3.63, 3.8) is 0 Å². The predicted molar refractivity (Wildman–Crippen MR) is 67.8 cm³/mol. The average molecular weight is 277 g/mol. The van der Waals surface area contributed by atoms with Crippen LogP contribution in [-0.2, 0) is 4.79 Å². The summed E-state index contributed by atoms with van der Waals surface area (Å²) in [6.45, 7) is 0.570. The molecular weight excluding hydrogens is 265 g/mol. The summed E-state index contributed by atoms with van der Waals surface area (Å²) in [5.74, 6) is -2.07. The van der Waals surface area contributed by atoms with Gasteiger partial charge < -0.3 is 14.4 Å². The Labute approximate surface area is 113 Å². The second-order valence-electron chi connectivity index (χ2n) is 4.87. The van der Waals surface area contributed by atoms with E-state index in [9.17, 15) is 14.0 Å². The Morgan fingerprint density at radius 3 is 2.85 bits per heavy atom. The van der Waals surface area contributed by atoms with Crippen molar-refractivity contribution in [1.29, 1.82) is 0 Å². The maximum atomic E-state index is 13.1. The molecular formula is C14H12FNO4. The zero-order chi connectivity index (χ0) is 14.3. The number of amides is 1. The first-order valence-corrected chi connectivity index (χ1v) is 6.26. The van der Waals surface area contributed by atoms with Crippen LogP contribution in [0, 0.1) is 11.7 Å². The number of fused-ring (bicyclic) bond motifs is 1. The summed E-state index contributed by atoms with van der Waals surface area (Å²) in [5.41, 5.74) is 0.434. The highest BCUT2D eigenvalue weighted by Gasteiger charge is 2.32. The van der Waals surface area contributed by atoms with E-state index in [1.807, 2.05) is 0 Å². The number of carbonyl (C=O) groups excluding carboxylic acids is 1. The van der Waals surface area contributed by atoms with Crippen molar-refractivity contribution in [2.75, 3.05) is 13.1 Å². The summed E-state index contributed by atoms with van der Waals surface area (Å²) in [4.78, 5) is 24.5. The topological polar surface area (TPSA) is 70.8 Å². The largest absolute Gasteiger partial charge is 0.481 e. The normalized spacial score (nSPS) is 18.6. The van der Waals surface area contributed by atoms with E-state index in [1.165, 1.54) is 29.2 Å². The lowest BCUT2D eigenvalue weighted by Crippen LogP contribution is -2.29. The van der Waals surface area contributed by atoms with Crippen LogP contribution in [0.1, 0.15) is 17.0 Å². The average Bonchev–Trinajstić information content (AvgIpc) is 3.03. The van der Waals surface area contributed by atoms with Gasteiger partial charge in [-0.3, -0.25) is 9.59 Å². The van der Waals surface area contributed by atoms with Crippen molar-refractivity contribution >= 4 is 22.8 Å². The molecule has 5 nitrogen and oxygen atoms in total. The Balaban J connectivity index is 1.84. The maximum absolute atomic E-state index is 13.1. The second-order valence-corrected chi connectivity index (χ2v) is 4.87. The molecule has 0 radical (unpaired) electrons. The van der Waals surface area contributed by atoms with E-state index >= 15 is 0 Å². The smallest absolute Gasteiger partial charge is 0.308 e. The molecule has 3 rings (SSSR count). The van der Waals surface area contributed by atoms with Crippen LogP contribution in [0.3, 0.4) is 0 Å². The number of benzene rings is 1. The van der Waals surface area contributed by atoms with Gasteiger partial charge in [0.25, 0.3) is 5.91 Å². The van der Waals surface area contributed by atoms with E-state index in [4.69, 9.17) is 9.52 Å². The molecule has 0 aliphatic carbocycles. The SMILES string of the molecule is O=C(O)C1CCN(C(=O)c2cc3cc(F)ccc3o2)C1. The van der Waals surface area contributed by atoms with Crippen LogP contribution in [0.2, 0.25) is 0 Å². The van der Waals surface area contributed by atoms with Crippen molar-refractivity contribution < 1.29 is 23.5 Å². The van der Waals surface area contributed by atoms with Crippen LogP contribution in [0.4, 0.5) is 4.39 Å². The monoisotopic (exact) mass is 277 g/mol. The number of carboxylic acid groups (broad SMARTS) is 1. The lowest BCUT2D eigenvalue weighted by Gasteiger charge is -2.13. The van der Waals surface area contributed by atoms with E-state index in [2.05, 4.69) is 0 Å². The summed E-state index contributed by atoms with van der Waals surface area (Å²) in [5, 5.41) is 9.44. The van der Waals surface area contributed by atoms with Crippen molar-refractivity contribution in [2.24, 2.45) is 5.92 Å². The fourth-order valence-corrected chi connectivity index (χ4v) is 2.42. The lowest BCUT2D eigenvalue weighted by atomic mass is 10.1. The molecule has 1 aliphatic rings. The van der Waals surface area contributed by atoms with Gasteiger partial charge in [-0.15, -0.1) is 0 Å². The third kappa shape index (κ3) is 2.13. The van der Waals surface area contributed by atoms with Crippen LogP contribution in [0.15, 0.2) is 28.7 Å². The van der Waals surface area contributed by atoms with Gasteiger partial charge in [-0.25, -0.2) is 4.39 Å². The Kier molecular flexibility index (Phi) is 2.93. The van der Waals surface area contributed by atoms with Gasteiger partial charge in [-0.1, -0.05) is 0 Å². The van der Waals surface area contributed by atoms with Gasteiger partial charge in [-0.2, -0.15) is 0 Å². The summed E-state index contributed by atoms with van der Waals surface area (Å²) < 4.78 is 18.5. The molecule has 1 fully saturated rings. The third-order valence-electron chi connectivity index (χ3n) is 3.51. The molecule has 1 saturated heterocycles.